The highest BCUT2D eigenvalue weighted by Crippen LogP contribution is 2.35. The summed E-state index contributed by atoms with van der Waals surface area (Å²) in [6, 6.07) is 8.10. The van der Waals surface area contributed by atoms with Gasteiger partial charge < -0.3 is 9.47 Å². The molecule has 9 heteroatoms. The summed E-state index contributed by atoms with van der Waals surface area (Å²) in [5, 5.41) is 0. The first-order valence-corrected chi connectivity index (χ1v) is 8.08. The minimum atomic E-state index is -4.79. The summed E-state index contributed by atoms with van der Waals surface area (Å²) in [6.07, 6.45) is -4.79. The lowest BCUT2D eigenvalue weighted by molar-refractivity contribution is -0.139. The molecule has 24 heavy (non-hydrogen) atoms. The number of halogens is 3. The SMILES string of the molecule is COc1cc(NS(=O)(=O)c2ccccc2C(F)(F)F)cc(OC)c1. The molecule has 1 N–H and O–H groups in total. The Morgan fingerprint density at radius 3 is 2.00 bits per heavy atom. The molecule has 0 amide bonds. The number of sulfonamides is 1. The molecule has 0 spiro atoms. The van der Waals surface area contributed by atoms with E-state index < -0.39 is 26.7 Å². The number of ether oxygens (including phenoxy) is 2. The summed E-state index contributed by atoms with van der Waals surface area (Å²) in [5.41, 5.74) is -1.23. The zero-order valence-electron chi connectivity index (χ0n) is 12.7. The fraction of sp³-hybridized carbons (Fsp3) is 0.200. The minimum Gasteiger partial charge on any atom is -0.497 e. The van der Waals surface area contributed by atoms with Crippen LogP contribution in [0, 0.1) is 0 Å². The first kappa shape index (κ1) is 17.9. The Morgan fingerprint density at radius 2 is 1.50 bits per heavy atom. The lowest BCUT2D eigenvalue weighted by Crippen LogP contribution is -2.18. The van der Waals surface area contributed by atoms with Crippen LogP contribution in [0.1, 0.15) is 5.56 Å². The van der Waals surface area contributed by atoms with Gasteiger partial charge in [0, 0.05) is 18.2 Å². The van der Waals surface area contributed by atoms with Crippen LogP contribution in [0.5, 0.6) is 11.5 Å². The summed E-state index contributed by atoms with van der Waals surface area (Å²) < 4.78 is 75.9. The highest BCUT2D eigenvalue weighted by atomic mass is 32.2. The molecule has 0 aliphatic carbocycles. The lowest BCUT2D eigenvalue weighted by Gasteiger charge is -2.15. The van der Waals surface area contributed by atoms with Crippen LogP contribution in [0.3, 0.4) is 0 Å². The molecule has 130 valence electrons. The molecule has 0 aliphatic heterocycles. The van der Waals surface area contributed by atoms with E-state index in [-0.39, 0.29) is 17.2 Å². The number of rotatable bonds is 5. The predicted octanol–water partition coefficient (Wildman–Crippen LogP) is 3.52. The molecule has 0 atom stereocenters. The van der Waals surface area contributed by atoms with Crippen molar-refractivity contribution >= 4 is 15.7 Å². The molecule has 2 rings (SSSR count). The first-order chi connectivity index (χ1) is 11.2. The molecule has 0 saturated carbocycles. The molecule has 0 aromatic heterocycles. The van der Waals surface area contributed by atoms with E-state index in [1.165, 1.54) is 38.5 Å². The van der Waals surface area contributed by atoms with Crippen molar-refractivity contribution in [3.8, 4) is 11.5 Å². The average Bonchev–Trinajstić information content (AvgIpc) is 2.53. The summed E-state index contributed by atoms with van der Waals surface area (Å²) >= 11 is 0. The summed E-state index contributed by atoms with van der Waals surface area (Å²) in [6.45, 7) is 0. The maximum Gasteiger partial charge on any atom is 0.417 e. The number of anilines is 1. The van der Waals surface area contributed by atoms with Gasteiger partial charge in [-0.15, -0.1) is 0 Å². The van der Waals surface area contributed by atoms with Crippen molar-refractivity contribution in [1.29, 1.82) is 0 Å². The highest BCUT2D eigenvalue weighted by molar-refractivity contribution is 7.92. The van der Waals surface area contributed by atoms with E-state index in [9.17, 15) is 21.6 Å². The second kappa shape index (κ2) is 6.60. The number of benzene rings is 2. The molecule has 0 heterocycles. The Balaban J connectivity index is 2.47. The summed E-state index contributed by atoms with van der Waals surface area (Å²) in [5.74, 6) is 0.576. The number of alkyl halides is 3. The largest absolute Gasteiger partial charge is 0.497 e. The van der Waals surface area contributed by atoms with Crippen molar-refractivity contribution in [3.05, 3.63) is 48.0 Å². The number of nitrogens with one attached hydrogen (secondary N) is 1. The molecule has 0 fully saturated rings. The van der Waals surface area contributed by atoms with Crippen LogP contribution in [-0.2, 0) is 16.2 Å². The van der Waals surface area contributed by atoms with E-state index in [0.717, 1.165) is 12.1 Å². The zero-order valence-corrected chi connectivity index (χ0v) is 13.5. The molecule has 0 bridgehead atoms. The van der Waals surface area contributed by atoms with Gasteiger partial charge in [0.25, 0.3) is 10.0 Å². The van der Waals surface area contributed by atoms with Gasteiger partial charge in [-0.05, 0) is 12.1 Å². The smallest absolute Gasteiger partial charge is 0.417 e. The monoisotopic (exact) mass is 361 g/mol. The molecule has 0 unspecified atom stereocenters. The van der Waals surface area contributed by atoms with E-state index in [4.69, 9.17) is 9.47 Å². The zero-order chi connectivity index (χ0) is 18.0. The van der Waals surface area contributed by atoms with Crippen molar-refractivity contribution in [2.75, 3.05) is 18.9 Å². The normalized spacial score (nSPS) is 11.9. The van der Waals surface area contributed by atoms with Crippen LogP contribution in [0.15, 0.2) is 47.4 Å². The Bertz CT molecular complexity index is 813. The molecular weight excluding hydrogens is 347 g/mol. The van der Waals surface area contributed by atoms with Crippen molar-refractivity contribution in [2.24, 2.45) is 0 Å². The molecule has 5 nitrogen and oxygen atoms in total. The maximum absolute atomic E-state index is 13.0. The van der Waals surface area contributed by atoms with Gasteiger partial charge >= 0.3 is 6.18 Å². The van der Waals surface area contributed by atoms with Gasteiger partial charge in [-0.2, -0.15) is 13.2 Å². The van der Waals surface area contributed by atoms with Crippen LogP contribution >= 0.6 is 0 Å². The summed E-state index contributed by atoms with van der Waals surface area (Å²) in [7, 11) is -1.72. The van der Waals surface area contributed by atoms with E-state index in [2.05, 4.69) is 4.72 Å². The number of hydrogen-bond donors (Lipinski definition) is 1. The maximum atomic E-state index is 13.0. The highest BCUT2D eigenvalue weighted by Gasteiger charge is 2.36. The van der Waals surface area contributed by atoms with Crippen molar-refractivity contribution in [3.63, 3.8) is 0 Å². The molecule has 0 saturated heterocycles. The Labute approximate surface area is 137 Å². The van der Waals surface area contributed by atoms with Gasteiger partial charge in [0.1, 0.15) is 11.5 Å². The van der Waals surface area contributed by atoms with Gasteiger partial charge in [-0.1, -0.05) is 12.1 Å². The molecule has 0 aliphatic rings. The fourth-order valence-electron chi connectivity index (χ4n) is 2.01. The van der Waals surface area contributed by atoms with Gasteiger partial charge in [0.2, 0.25) is 0 Å². The number of hydrogen-bond acceptors (Lipinski definition) is 4. The van der Waals surface area contributed by atoms with Crippen molar-refractivity contribution < 1.29 is 31.1 Å². The van der Waals surface area contributed by atoms with Crippen LogP contribution in [0.4, 0.5) is 18.9 Å². The van der Waals surface area contributed by atoms with Crippen LogP contribution in [0.25, 0.3) is 0 Å². The van der Waals surface area contributed by atoms with Gasteiger partial charge in [0.05, 0.1) is 30.4 Å². The Morgan fingerprint density at radius 1 is 0.958 bits per heavy atom. The minimum absolute atomic E-state index is 0.0168. The first-order valence-electron chi connectivity index (χ1n) is 6.59. The standard InChI is InChI=1S/C15H14F3NO4S/c1-22-11-7-10(8-12(9-11)23-2)19-24(20,21)14-6-4-3-5-13(14)15(16,17)18/h3-9,19H,1-2H3. The van der Waals surface area contributed by atoms with Crippen LogP contribution in [-0.4, -0.2) is 22.6 Å². The third kappa shape index (κ3) is 3.91. The van der Waals surface area contributed by atoms with E-state index in [1.807, 2.05) is 0 Å². The molecular formula is C15H14F3NO4S. The topological polar surface area (TPSA) is 64.6 Å². The average molecular weight is 361 g/mol. The predicted molar refractivity (Wildman–Crippen MR) is 81.8 cm³/mol. The van der Waals surface area contributed by atoms with Crippen molar-refractivity contribution in [1.82, 2.24) is 0 Å². The molecule has 0 radical (unpaired) electrons. The molecule has 2 aromatic rings. The summed E-state index contributed by atoms with van der Waals surface area (Å²) in [4.78, 5) is -0.862. The van der Waals surface area contributed by atoms with E-state index >= 15 is 0 Å². The number of methoxy groups -OCH3 is 2. The fourth-order valence-corrected chi connectivity index (χ4v) is 3.28. The quantitative estimate of drug-likeness (QED) is 0.885. The lowest BCUT2D eigenvalue weighted by atomic mass is 10.2. The Hall–Kier alpha value is -2.42. The van der Waals surface area contributed by atoms with E-state index in [0.29, 0.717) is 6.07 Å². The van der Waals surface area contributed by atoms with Crippen LogP contribution < -0.4 is 14.2 Å². The second-order valence-electron chi connectivity index (χ2n) is 4.70. The Kier molecular flexibility index (Phi) is 4.93. The third-order valence-electron chi connectivity index (χ3n) is 3.09. The van der Waals surface area contributed by atoms with Gasteiger partial charge in [0.15, 0.2) is 0 Å². The van der Waals surface area contributed by atoms with Crippen LogP contribution in [0.2, 0.25) is 0 Å². The van der Waals surface area contributed by atoms with E-state index in [1.54, 1.807) is 0 Å². The van der Waals surface area contributed by atoms with Crippen molar-refractivity contribution in [2.45, 2.75) is 11.1 Å². The van der Waals surface area contributed by atoms with Gasteiger partial charge in [-0.25, -0.2) is 8.42 Å². The molecule has 2 aromatic carbocycles. The third-order valence-corrected chi connectivity index (χ3v) is 4.53. The second-order valence-corrected chi connectivity index (χ2v) is 6.35. The van der Waals surface area contributed by atoms with Gasteiger partial charge in [-0.3, -0.25) is 4.72 Å².